The smallest absolute Gasteiger partial charge is 0.255 e. The number of hydrogen-bond donors (Lipinski definition) is 3. The summed E-state index contributed by atoms with van der Waals surface area (Å²) in [5.41, 5.74) is 1.67. The van der Waals surface area contributed by atoms with Gasteiger partial charge in [0.05, 0.1) is 11.6 Å². The van der Waals surface area contributed by atoms with E-state index in [1.54, 1.807) is 6.20 Å². The monoisotopic (exact) mass is 318 g/mol. The molecule has 2 unspecified atom stereocenters. The second kappa shape index (κ2) is 7.17. The Morgan fingerprint density at radius 3 is 2.91 bits per heavy atom. The van der Waals surface area contributed by atoms with Gasteiger partial charge in [-0.15, -0.1) is 0 Å². The minimum atomic E-state index is -0.0289. The Kier molecular flexibility index (Phi) is 5.00. The van der Waals surface area contributed by atoms with E-state index in [1.807, 2.05) is 17.9 Å². The first-order chi connectivity index (χ1) is 11.1. The highest BCUT2D eigenvalue weighted by molar-refractivity contribution is 5.95. The van der Waals surface area contributed by atoms with Gasteiger partial charge in [0, 0.05) is 31.5 Å². The molecule has 3 N–H and O–H groups in total. The fourth-order valence-corrected chi connectivity index (χ4v) is 3.55. The zero-order chi connectivity index (χ0) is 16.2. The van der Waals surface area contributed by atoms with Crippen LogP contribution in [-0.2, 0) is 4.79 Å². The Bertz CT molecular complexity index is 563. The Balaban J connectivity index is 1.51. The lowest BCUT2D eigenvalue weighted by molar-refractivity contribution is -0.123. The maximum Gasteiger partial charge on any atom is 0.255 e. The largest absolute Gasteiger partial charge is 0.365 e. The number of nitrogens with zero attached hydrogens (tertiary/aromatic N) is 1. The van der Waals surface area contributed by atoms with Crippen LogP contribution in [0.25, 0.3) is 0 Å². The van der Waals surface area contributed by atoms with Crippen LogP contribution in [-0.4, -0.2) is 53.9 Å². The molecule has 3 heterocycles. The van der Waals surface area contributed by atoms with E-state index in [0.717, 1.165) is 56.6 Å². The number of H-pyrrole nitrogens is 1. The number of aromatic amines is 1. The molecule has 0 radical (unpaired) electrons. The minimum Gasteiger partial charge on any atom is -0.365 e. The van der Waals surface area contributed by atoms with Gasteiger partial charge in [-0.1, -0.05) is 0 Å². The summed E-state index contributed by atoms with van der Waals surface area (Å²) in [7, 11) is 0. The SMILES string of the molecule is Cc1[nH]ccc1C(=O)N1CCCC(CNC(=O)C2CCCN2)C1. The first-order valence-corrected chi connectivity index (χ1v) is 8.59. The molecular formula is C17H26N4O2. The number of amides is 2. The summed E-state index contributed by atoms with van der Waals surface area (Å²) in [4.78, 5) is 29.6. The van der Waals surface area contributed by atoms with Gasteiger partial charge in [-0.25, -0.2) is 0 Å². The number of aryl methyl sites for hydroxylation is 1. The molecule has 126 valence electrons. The van der Waals surface area contributed by atoms with E-state index in [0.29, 0.717) is 12.5 Å². The third-order valence-corrected chi connectivity index (χ3v) is 4.93. The molecule has 2 aliphatic rings. The van der Waals surface area contributed by atoms with E-state index in [9.17, 15) is 9.59 Å². The Hall–Kier alpha value is -1.82. The third kappa shape index (κ3) is 3.75. The standard InChI is InChI=1S/C17H26N4O2/c1-12-14(6-8-18-12)17(23)21-9-3-4-13(11-21)10-20-16(22)15-5-2-7-19-15/h6,8,13,15,18-19H,2-5,7,9-11H2,1H3,(H,20,22). The van der Waals surface area contributed by atoms with Crippen molar-refractivity contribution in [2.45, 2.75) is 38.6 Å². The summed E-state index contributed by atoms with van der Waals surface area (Å²) in [5, 5.41) is 6.27. The molecule has 2 fully saturated rings. The number of carbonyl (C=O) groups excluding carboxylic acids is 2. The molecule has 2 amide bonds. The summed E-state index contributed by atoms with van der Waals surface area (Å²) in [6, 6.07) is 1.81. The van der Waals surface area contributed by atoms with E-state index in [1.165, 1.54) is 0 Å². The summed E-state index contributed by atoms with van der Waals surface area (Å²) in [6.45, 7) is 5.04. The van der Waals surface area contributed by atoms with Crippen LogP contribution < -0.4 is 10.6 Å². The lowest BCUT2D eigenvalue weighted by atomic mass is 9.97. The second-order valence-corrected chi connectivity index (χ2v) is 6.67. The van der Waals surface area contributed by atoms with Crippen molar-refractivity contribution in [1.82, 2.24) is 20.5 Å². The lowest BCUT2D eigenvalue weighted by Gasteiger charge is -2.33. The molecule has 2 saturated heterocycles. The number of likely N-dealkylation sites (tertiary alicyclic amines) is 1. The van der Waals surface area contributed by atoms with Crippen molar-refractivity contribution in [2.75, 3.05) is 26.2 Å². The Labute approximate surface area is 137 Å². The van der Waals surface area contributed by atoms with Crippen molar-refractivity contribution in [3.8, 4) is 0 Å². The first-order valence-electron chi connectivity index (χ1n) is 8.59. The molecule has 2 aliphatic heterocycles. The highest BCUT2D eigenvalue weighted by atomic mass is 16.2. The predicted octanol–water partition coefficient (Wildman–Crippen LogP) is 1.04. The molecule has 23 heavy (non-hydrogen) atoms. The van der Waals surface area contributed by atoms with Gasteiger partial charge in [-0.2, -0.15) is 0 Å². The zero-order valence-electron chi connectivity index (χ0n) is 13.7. The van der Waals surface area contributed by atoms with Gasteiger partial charge >= 0.3 is 0 Å². The van der Waals surface area contributed by atoms with Gasteiger partial charge in [0.2, 0.25) is 5.91 Å². The van der Waals surface area contributed by atoms with Crippen molar-refractivity contribution < 1.29 is 9.59 Å². The number of nitrogens with one attached hydrogen (secondary N) is 3. The first kappa shape index (κ1) is 16.1. The average molecular weight is 318 g/mol. The van der Waals surface area contributed by atoms with Crippen LogP contribution in [0.2, 0.25) is 0 Å². The molecule has 0 aliphatic carbocycles. The molecule has 0 bridgehead atoms. The highest BCUT2D eigenvalue weighted by Crippen LogP contribution is 2.19. The van der Waals surface area contributed by atoms with E-state index in [2.05, 4.69) is 15.6 Å². The van der Waals surface area contributed by atoms with Gasteiger partial charge < -0.3 is 20.5 Å². The molecular weight excluding hydrogens is 292 g/mol. The number of aromatic nitrogens is 1. The molecule has 0 spiro atoms. The number of piperidine rings is 1. The van der Waals surface area contributed by atoms with E-state index in [-0.39, 0.29) is 17.9 Å². The van der Waals surface area contributed by atoms with Crippen LogP contribution in [0.5, 0.6) is 0 Å². The van der Waals surface area contributed by atoms with Crippen LogP contribution in [0.4, 0.5) is 0 Å². The van der Waals surface area contributed by atoms with Gasteiger partial charge in [0.1, 0.15) is 0 Å². The van der Waals surface area contributed by atoms with Gasteiger partial charge in [-0.3, -0.25) is 9.59 Å². The molecule has 6 nitrogen and oxygen atoms in total. The molecule has 3 rings (SSSR count). The summed E-state index contributed by atoms with van der Waals surface area (Å²) < 4.78 is 0. The predicted molar refractivity (Wildman–Crippen MR) is 88.2 cm³/mol. The summed E-state index contributed by atoms with van der Waals surface area (Å²) in [6.07, 6.45) is 5.86. The quantitative estimate of drug-likeness (QED) is 0.776. The van der Waals surface area contributed by atoms with Gasteiger partial charge in [0.25, 0.3) is 5.91 Å². The normalized spacial score (nSPS) is 24.7. The van der Waals surface area contributed by atoms with Crippen LogP contribution in [0.15, 0.2) is 12.3 Å². The van der Waals surface area contributed by atoms with E-state index in [4.69, 9.17) is 0 Å². The van der Waals surface area contributed by atoms with Gasteiger partial charge in [0.15, 0.2) is 0 Å². The molecule has 2 atom stereocenters. The Morgan fingerprint density at radius 2 is 2.22 bits per heavy atom. The number of carbonyl (C=O) groups is 2. The third-order valence-electron chi connectivity index (χ3n) is 4.93. The highest BCUT2D eigenvalue weighted by Gasteiger charge is 2.27. The Morgan fingerprint density at radius 1 is 1.35 bits per heavy atom. The molecule has 1 aromatic heterocycles. The van der Waals surface area contributed by atoms with Crippen molar-refractivity contribution in [3.05, 3.63) is 23.5 Å². The van der Waals surface area contributed by atoms with Crippen molar-refractivity contribution in [1.29, 1.82) is 0 Å². The minimum absolute atomic E-state index is 0.0289. The lowest BCUT2D eigenvalue weighted by Crippen LogP contribution is -2.46. The summed E-state index contributed by atoms with van der Waals surface area (Å²) >= 11 is 0. The second-order valence-electron chi connectivity index (χ2n) is 6.67. The molecule has 0 aromatic carbocycles. The van der Waals surface area contributed by atoms with Crippen LogP contribution in [0, 0.1) is 12.8 Å². The number of hydrogen-bond acceptors (Lipinski definition) is 3. The van der Waals surface area contributed by atoms with Gasteiger partial charge in [-0.05, 0) is 51.1 Å². The molecule has 6 heteroatoms. The van der Waals surface area contributed by atoms with Crippen molar-refractivity contribution in [2.24, 2.45) is 5.92 Å². The fraction of sp³-hybridized carbons (Fsp3) is 0.647. The number of rotatable bonds is 4. The van der Waals surface area contributed by atoms with Crippen LogP contribution in [0.1, 0.15) is 41.7 Å². The molecule has 1 aromatic rings. The van der Waals surface area contributed by atoms with Crippen molar-refractivity contribution in [3.63, 3.8) is 0 Å². The van der Waals surface area contributed by atoms with E-state index < -0.39 is 0 Å². The average Bonchev–Trinajstić information content (AvgIpc) is 3.23. The van der Waals surface area contributed by atoms with E-state index >= 15 is 0 Å². The molecule has 0 saturated carbocycles. The zero-order valence-corrected chi connectivity index (χ0v) is 13.7. The fourth-order valence-electron chi connectivity index (χ4n) is 3.55. The van der Waals surface area contributed by atoms with Crippen molar-refractivity contribution >= 4 is 11.8 Å². The topological polar surface area (TPSA) is 77.2 Å². The summed E-state index contributed by atoms with van der Waals surface area (Å²) in [5.74, 6) is 0.543. The maximum atomic E-state index is 12.6. The van der Waals surface area contributed by atoms with Crippen LogP contribution in [0.3, 0.4) is 0 Å². The maximum absolute atomic E-state index is 12.6. The van der Waals surface area contributed by atoms with Crippen LogP contribution >= 0.6 is 0 Å².